The van der Waals surface area contributed by atoms with Gasteiger partial charge >= 0.3 is 5.97 Å². The largest absolute Gasteiger partial charge is 0.458 e. The Kier molecular flexibility index (Phi) is 6.45. The fourth-order valence-corrected chi connectivity index (χ4v) is 4.82. The fraction of sp³-hybridized carbons (Fsp3) is 0.346. The summed E-state index contributed by atoms with van der Waals surface area (Å²) in [4.78, 5) is 46.9. The van der Waals surface area contributed by atoms with E-state index in [0.717, 1.165) is 0 Å². The lowest BCUT2D eigenvalue weighted by Crippen LogP contribution is -2.44. The molecule has 38 heavy (non-hydrogen) atoms. The quantitative estimate of drug-likeness (QED) is 0.140. The summed E-state index contributed by atoms with van der Waals surface area (Å²) in [7, 11) is 0. The van der Waals surface area contributed by atoms with Crippen molar-refractivity contribution in [2.75, 3.05) is 19.8 Å². The Morgan fingerprint density at radius 3 is 2.87 bits per heavy atom. The molecule has 1 atom stereocenters. The number of cyclic esters (lactones) is 1. The second kappa shape index (κ2) is 9.62. The highest BCUT2D eigenvalue weighted by Gasteiger charge is 2.45. The number of pyridine rings is 2. The zero-order valence-corrected chi connectivity index (χ0v) is 20.7. The number of hydrogen-bond acceptors (Lipinski definition) is 9. The summed E-state index contributed by atoms with van der Waals surface area (Å²) < 4.78 is 21.1. The van der Waals surface area contributed by atoms with Crippen LogP contribution in [0.25, 0.3) is 22.3 Å². The Labute approximate surface area is 215 Å². The fourth-order valence-electron chi connectivity index (χ4n) is 4.82. The van der Waals surface area contributed by atoms with Gasteiger partial charge in [0.1, 0.15) is 25.6 Å². The predicted octanol–water partition coefficient (Wildman–Crippen LogP) is 0.986. The number of rotatable bonds is 7. The molecular weight excluding hydrogens is 499 g/mol. The van der Waals surface area contributed by atoms with E-state index in [0.29, 0.717) is 39.0 Å². The summed E-state index contributed by atoms with van der Waals surface area (Å²) in [5.41, 5.74) is 0.698. The summed E-state index contributed by atoms with van der Waals surface area (Å²) in [5.74, 6) is -1.81. The topological polar surface area (TPSA) is 152 Å². The molecule has 198 valence electrons. The molecule has 0 aliphatic carbocycles. The van der Waals surface area contributed by atoms with E-state index in [9.17, 15) is 23.9 Å². The van der Waals surface area contributed by atoms with Crippen LogP contribution >= 0.6 is 0 Å². The van der Waals surface area contributed by atoms with Crippen molar-refractivity contribution in [3.8, 4) is 11.4 Å². The van der Waals surface area contributed by atoms with E-state index in [1.165, 1.54) is 16.8 Å². The maximum absolute atomic E-state index is 14.5. The highest BCUT2D eigenvalue weighted by atomic mass is 19.1. The predicted molar refractivity (Wildman–Crippen MR) is 133 cm³/mol. The van der Waals surface area contributed by atoms with Crippen LogP contribution in [0.4, 0.5) is 4.39 Å². The van der Waals surface area contributed by atoms with E-state index in [4.69, 9.17) is 14.7 Å². The van der Waals surface area contributed by atoms with Gasteiger partial charge in [0.25, 0.3) is 5.56 Å². The first kappa shape index (κ1) is 25.5. The molecule has 12 heteroatoms. The standard InChI is InChI=1S/C26H25FN4O7/c1-3-26(36)18-7-21-23-16(10-31(21)24(34)17(18)12-37-25(26)35)15(9-29-38-5-4-28-22(33)11-32)14-6-13(2)19(27)8-20(14)30-23/h6-9,32,36H,3-5,10-12H2,1-2H3,(H,28,33)/b29-9+/t26-/m0/s1. The van der Waals surface area contributed by atoms with Crippen LogP contribution in [0, 0.1) is 12.7 Å². The molecule has 1 aromatic carbocycles. The van der Waals surface area contributed by atoms with Gasteiger partial charge in [-0.25, -0.2) is 14.2 Å². The van der Waals surface area contributed by atoms with Gasteiger partial charge in [-0.05, 0) is 31.0 Å². The minimum atomic E-state index is -1.96. The van der Waals surface area contributed by atoms with E-state index < -0.39 is 35.5 Å². The zero-order chi connectivity index (χ0) is 27.2. The smallest absolute Gasteiger partial charge is 0.343 e. The van der Waals surface area contributed by atoms with E-state index in [1.807, 2.05) is 0 Å². The average molecular weight is 525 g/mol. The molecule has 0 fully saturated rings. The second-order valence-electron chi connectivity index (χ2n) is 9.15. The van der Waals surface area contributed by atoms with Gasteiger partial charge in [0.05, 0.1) is 41.8 Å². The van der Waals surface area contributed by atoms with E-state index >= 15 is 0 Å². The summed E-state index contributed by atoms with van der Waals surface area (Å²) in [6.45, 7) is 2.66. The van der Waals surface area contributed by atoms with Gasteiger partial charge in [-0.1, -0.05) is 12.1 Å². The van der Waals surface area contributed by atoms with Crippen molar-refractivity contribution >= 4 is 29.0 Å². The molecule has 0 saturated heterocycles. The number of aliphatic hydroxyl groups is 2. The lowest BCUT2D eigenvalue weighted by molar-refractivity contribution is -0.172. The Morgan fingerprint density at radius 2 is 2.13 bits per heavy atom. The number of fused-ring (bicyclic) bond motifs is 5. The molecule has 0 radical (unpaired) electrons. The van der Waals surface area contributed by atoms with Gasteiger partial charge in [-0.15, -0.1) is 0 Å². The van der Waals surface area contributed by atoms with Crippen molar-refractivity contribution in [3.63, 3.8) is 0 Å². The van der Waals surface area contributed by atoms with Gasteiger partial charge in [-0.2, -0.15) is 0 Å². The summed E-state index contributed by atoms with van der Waals surface area (Å²) in [6.07, 6.45) is 1.46. The monoisotopic (exact) mass is 524 g/mol. The molecule has 0 bridgehead atoms. The minimum absolute atomic E-state index is 0.0121. The number of esters is 1. The number of carbonyl (C=O) groups excluding carboxylic acids is 2. The number of carbonyl (C=O) groups is 2. The van der Waals surface area contributed by atoms with Crippen LogP contribution in [-0.4, -0.2) is 57.6 Å². The first-order valence-electron chi connectivity index (χ1n) is 12.0. The summed E-state index contributed by atoms with van der Waals surface area (Å²) in [6, 6.07) is 4.52. The number of aromatic nitrogens is 2. The minimum Gasteiger partial charge on any atom is -0.458 e. The van der Waals surface area contributed by atoms with Crippen LogP contribution in [0.2, 0.25) is 0 Å². The molecule has 3 N–H and O–H groups in total. The first-order valence-corrected chi connectivity index (χ1v) is 12.0. The molecule has 0 spiro atoms. The number of nitrogens with one attached hydrogen (secondary N) is 1. The average Bonchev–Trinajstić information content (AvgIpc) is 3.27. The number of aryl methyl sites for hydroxylation is 1. The number of benzene rings is 1. The van der Waals surface area contributed by atoms with E-state index in [2.05, 4.69) is 15.5 Å². The number of aliphatic hydroxyl groups excluding tert-OH is 1. The molecule has 5 rings (SSSR count). The Balaban J connectivity index is 1.62. The lowest BCUT2D eigenvalue weighted by atomic mass is 9.86. The number of oxime groups is 1. The molecule has 3 aromatic rings. The molecule has 2 aliphatic heterocycles. The first-order chi connectivity index (χ1) is 18.2. The van der Waals surface area contributed by atoms with Crippen LogP contribution in [0.3, 0.4) is 0 Å². The van der Waals surface area contributed by atoms with Crippen molar-refractivity contribution in [2.45, 2.75) is 39.0 Å². The molecule has 1 amide bonds. The van der Waals surface area contributed by atoms with Crippen molar-refractivity contribution < 1.29 is 33.8 Å². The third-order valence-corrected chi connectivity index (χ3v) is 6.93. The van der Waals surface area contributed by atoms with Crippen molar-refractivity contribution in [1.29, 1.82) is 0 Å². The van der Waals surface area contributed by atoms with Gasteiger partial charge in [-0.3, -0.25) is 9.59 Å². The number of nitrogens with zero attached hydrogens (tertiary/aromatic N) is 3. The highest BCUT2D eigenvalue weighted by Crippen LogP contribution is 2.40. The SMILES string of the molecule is CC[C@@]1(O)C(=O)OCc2c1cc1n(c2=O)Cc2c-1nc1cc(F)c(C)cc1c2/C=N/OCCNC(=O)CO. The molecule has 2 aromatic heterocycles. The lowest BCUT2D eigenvalue weighted by Gasteiger charge is -2.31. The van der Waals surface area contributed by atoms with Crippen LogP contribution in [0.15, 0.2) is 28.1 Å². The van der Waals surface area contributed by atoms with Gasteiger partial charge < -0.3 is 29.7 Å². The van der Waals surface area contributed by atoms with Crippen molar-refractivity contribution in [1.82, 2.24) is 14.9 Å². The number of amides is 1. The Morgan fingerprint density at radius 1 is 1.34 bits per heavy atom. The number of ether oxygens (including phenoxy) is 1. The van der Waals surface area contributed by atoms with Gasteiger partial charge in [0.2, 0.25) is 5.91 Å². The van der Waals surface area contributed by atoms with E-state index in [1.54, 1.807) is 26.0 Å². The zero-order valence-electron chi connectivity index (χ0n) is 20.7. The molecule has 0 unspecified atom stereocenters. The number of hydrogen-bond donors (Lipinski definition) is 3. The van der Waals surface area contributed by atoms with Gasteiger partial charge in [0, 0.05) is 28.1 Å². The highest BCUT2D eigenvalue weighted by molar-refractivity contribution is 6.02. The van der Waals surface area contributed by atoms with Crippen LogP contribution in [0.1, 0.15) is 41.2 Å². The normalized spacial score (nSPS) is 17.8. The van der Waals surface area contributed by atoms with Crippen LogP contribution in [-0.2, 0) is 37.9 Å². The summed E-state index contributed by atoms with van der Waals surface area (Å²) in [5, 5.41) is 26.9. The summed E-state index contributed by atoms with van der Waals surface area (Å²) >= 11 is 0. The second-order valence-corrected chi connectivity index (χ2v) is 9.15. The number of halogens is 1. The maximum Gasteiger partial charge on any atom is 0.343 e. The molecule has 0 saturated carbocycles. The molecular formula is C26H25FN4O7. The van der Waals surface area contributed by atoms with Crippen molar-refractivity contribution in [3.05, 3.63) is 62.2 Å². The van der Waals surface area contributed by atoms with Crippen LogP contribution < -0.4 is 10.9 Å². The Hall–Kier alpha value is -4.16. The molecule has 2 aliphatic rings. The van der Waals surface area contributed by atoms with Gasteiger partial charge in [0.15, 0.2) is 5.60 Å². The van der Waals surface area contributed by atoms with Crippen molar-refractivity contribution in [2.24, 2.45) is 5.16 Å². The van der Waals surface area contributed by atoms with Crippen LogP contribution in [0.5, 0.6) is 0 Å². The third-order valence-electron chi connectivity index (χ3n) is 6.93. The Bertz CT molecular complexity index is 1580. The van der Waals surface area contributed by atoms with E-state index in [-0.39, 0.29) is 43.9 Å². The third kappa shape index (κ3) is 4.02. The maximum atomic E-state index is 14.5. The molecule has 4 heterocycles. The molecule has 11 nitrogen and oxygen atoms in total.